The number of aromatic hydroxyl groups is 1. The van der Waals surface area contributed by atoms with E-state index in [0.29, 0.717) is 6.20 Å². The lowest BCUT2D eigenvalue weighted by Gasteiger charge is -2.10. The number of phenolic OH excluding ortho intramolecular Hbond substituents is 1. The zero-order valence-electron chi connectivity index (χ0n) is 9.74. The van der Waals surface area contributed by atoms with E-state index in [1.165, 1.54) is 18.3 Å². The fraction of sp³-hybridized carbons (Fsp3) is 0.0769. The highest BCUT2D eigenvalue weighted by Gasteiger charge is 2.31. The number of aromatic nitrogens is 1. The van der Waals surface area contributed by atoms with Gasteiger partial charge in [-0.15, -0.1) is 0 Å². The van der Waals surface area contributed by atoms with E-state index in [0.717, 1.165) is 6.07 Å². The molecule has 0 bridgehead atoms. The van der Waals surface area contributed by atoms with Gasteiger partial charge in [-0.1, -0.05) is 0 Å². The van der Waals surface area contributed by atoms with Gasteiger partial charge in [0.1, 0.15) is 5.75 Å². The minimum atomic E-state index is -4.53. The summed E-state index contributed by atoms with van der Waals surface area (Å²) in [4.78, 5) is 3.52. The van der Waals surface area contributed by atoms with Gasteiger partial charge >= 0.3 is 6.18 Å². The molecule has 2 rings (SSSR count). The summed E-state index contributed by atoms with van der Waals surface area (Å²) in [7, 11) is 0. The summed E-state index contributed by atoms with van der Waals surface area (Å²) in [6, 6.07) is 5.41. The molecule has 102 valence electrons. The van der Waals surface area contributed by atoms with Crippen LogP contribution in [0.5, 0.6) is 5.75 Å². The molecular formula is C13H6BrF3N2O. The summed E-state index contributed by atoms with van der Waals surface area (Å²) < 4.78 is 38.2. The van der Waals surface area contributed by atoms with Crippen molar-refractivity contribution in [2.24, 2.45) is 0 Å². The first kappa shape index (κ1) is 14.3. The zero-order chi connectivity index (χ0) is 14.9. The first-order chi connectivity index (χ1) is 9.32. The number of halogens is 4. The van der Waals surface area contributed by atoms with Crippen molar-refractivity contribution in [3.05, 3.63) is 46.2 Å². The molecule has 2 aromatic rings. The Hall–Kier alpha value is -2.07. The van der Waals surface area contributed by atoms with Gasteiger partial charge in [0, 0.05) is 23.5 Å². The summed E-state index contributed by atoms with van der Waals surface area (Å²) in [5.74, 6) is -0.245. The first-order valence-corrected chi connectivity index (χ1v) is 6.07. The van der Waals surface area contributed by atoms with Crippen molar-refractivity contribution in [3.63, 3.8) is 0 Å². The number of hydrogen-bond acceptors (Lipinski definition) is 3. The van der Waals surface area contributed by atoms with Gasteiger partial charge in [0.15, 0.2) is 0 Å². The van der Waals surface area contributed by atoms with Crippen LogP contribution in [0.15, 0.2) is 35.1 Å². The van der Waals surface area contributed by atoms with Gasteiger partial charge in [0.2, 0.25) is 0 Å². The van der Waals surface area contributed by atoms with E-state index in [9.17, 15) is 18.3 Å². The highest BCUT2D eigenvalue weighted by Crippen LogP contribution is 2.38. The normalized spacial score (nSPS) is 11.2. The van der Waals surface area contributed by atoms with Gasteiger partial charge in [-0.25, -0.2) is 0 Å². The molecule has 0 saturated carbocycles. The van der Waals surface area contributed by atoms with Crippen molar-refractivity contribution in [3.8, 4) is 22.9 Å². The minimum Gasteiger partial charge on any atom is -0.506 e. The third-order valence-electron chi connectivity index (χ3n) is 2.57. The minimum absolute atomic E-state index is 0.0788. The smallest absolute Gasteiger partial charge is 0.417 e. The fourth-order valence-electron chi connectivity index (χ4n) is 1.63. The van der Waals surface area contributed by atoms with Crippen LogP contribution in [0.1, 0.15) is 11.1 Å². The summed E-state index contributed by atoms with van der Waals surface area (Å²) in [6.45, 7) is 0. The molecule has 0 radical (unpaired) electrons. The number of pyridine rings is 1. The number of rotatable bonds is 1. The Kier molecular flexibility index (Phi) is 3.68. The molecule has 20 heavy (non-hydrogen) atoms. The highest BCUT2D eigenvalue weighted by molar-refractivity contribution is 9.10. The summed E-state index contributed by atoms with van der Waals surface area (Å²) >= 11 is 3.05. The number of alkyl halides is 3. The topological polar surface area (TPSA) is 56.9 Å². The third kappa shape index (κ3) is 2.75. The average Bonchev–Trinajstić information content (AvgIpc) is 2.41. The van der Waals surface area contributed by atoms with Crippen LogP contribution in [0, 0.1) is 11.3 Å². The van der Waals surface area contributed by atoms with Gasteiger partial charge in [0.25, 0.3) is 0 Å². The Morgan fingerprint density at radius 2 is 1.90 bits per heavy atom. The molecule has 0 saturated heterocycles. The second kappa shape index (κ2) is 5.13. The lowest BCUT2D eigenvalue weighted by molar-refractivity contribution is -0.137. The van der Waals surface area contributed by atoms with Crippen molar-refractivity contribution in [2.45, 2.75) is 6.18 Å². The van der Waals surface area contributed by atoms with E-state index < -0.39 is 11.7 Å². The van der Waals surface area contributed by atoms with Crippen LogP contribution >= 0.6 is 15.9 Å². The molecule has 0 aliphatic rings. The van der Waals surface area contributed by atoms with Crippen molar-refractivity contribution >= 4 is 15.9 Å². The number of nitrogens with zero attached hydrogens (tertiary/aromatic N) is 2. The van der Waals surface area contributed by atoms with Gasteiger partial charge in [-0.2, -0.15) is 18.4 Å². The Morgan fingerprint density at radius 3 is 2.50 bits per heavy atom. The second-order valence-corrected chi connectivity index (χ2v) is 4.78. The molecule has 0 spiro atoms. The SMILES string of the molecule is N#Cc1cc(Br)c(O)c(-c2cncc(C(F)(F)F)c2)c1. The molecule has 1 aromatic carbocycles. The molecular weight excluding hydrogens is 337 g/mol. The van der Waals surface area contributed by atoms with Crippen molar-refractivity contribution in [2.75, 3.05) is 0 Å². The molecule has 1 heterocycles. The lowest BCUT2D eigenvalue weighted by atomic mass is 10.0. The Balaban J connectivity index is 2.63. The van der Waals surface area contributed by atoms with E-state index in [-0.39, 0.29) is 26.9 Å². The van der Waals surface area contributed by atoms with Gasteiger partial charge in [-0.05, 0) is 34.1 Å². The number of hydrogen-bond donors (Lipinski definition) is 1. The Morgan fingerprint density at radius 1 is 1.20 bits per heavy atom. The summed E-state index contributed by atoms with van der Waals surface area (Å²) in [5, 5.41) is 18.8. The maximum atomic E-state index is 12.6. The van der Waals surface area contributed by atoms with Crippen LogP contribution in [0.2, 0.25) is 0 Å². The molecule has 0 atom stereocenters. The van der Waals surface area contributed by atoms with Crippen molar-refractivity contribution < 1.29 is 18.3 Å². The molecule has 0 amide bonds. The van der Waals surface area contributed by atoms with E-state index >= 15 is 0 Å². The predicted molar refractivity (Wildman–Crippen MR) is 68.8 cm³/mol. The van der Waals surface area contributed by atoms with Crippen LogP contribution < -0.4 is 0 Å². The van der Waals surface area contributed by atoms with E-state index in [4.69, 9.17) is 5.26 Å². The monoisotopic (exact) mass is 342 g/mol. The zero-order valence-corrected chi connectivity index (χ0v) is 11.3. The van der Waals surface area contributed by atoms with Crippen LogP contribution in [-0.4, -0.2) is 10.1 Å². The molecule has 0 unspecified atom stereocenters. The molecule has 3 nitrogen and oxygen atoms in total. The van der Waals surface area contributed by atoms with Crippen LogP contribution in [0.25, 0.3) is 11.1 Å². The fourth-order valence-corrected chi connectivity index (χ4v) is 2.09. The number of benzene rings is 1. The molecule has 0 fully saturated rings. The van der Waals surface area contributed by atoms with Gasteiger partial charge < -0.3 is 5.11 Å². The van der Waals surface area contributed by atoms with E-state index in [1.807, 2.05) is 6.07 Å². The number of phenols is 1. The number of nitriles is 1. The van der Waals surface area contributed by atoms with E-state index in [2.05, 4.69) is 20.9 Å². The van der Waals surface area contributed by atoms with Crippen molar-refractivity contribution in [1.29, 1.82) is 5.26 Å². The second-order valence-electron chi connectivity index (χ2n) is 3.93. The van der Waals surface area contributed by atoms with Gasteiger partial charge in [0.05, 0.1) is 21.7 Å². The maximum Gasteiger partial charge on any atom is 0.417 e. The molecule has 7 heteroatoms. The quantitative estimate of drug-likeness (QED) is 0.848. The summed E-state index contributed by atoms with van der Waals surface area (Å²) in [6.07, 6.45) is -2.63. The van der Waals surface area contributed by atoms with Crippen LogP contribution in [-0.2, 0) is 6.18 Å². The largest absolute Gasteiger partial charge is 0.506 e. The molecule has 0 aliphatic carbocycles. The van der Waals surface area contributed by atoms with Crippen LogP contribution in [0.4, 0.5) is 13.2 Å². The predicted octanol–water partition coefficient (Wildman–Crippen LogP) is 4.11. The Bertz CT molecular complexity index is 708. The molecule has 0 aliphatic heterocycles. The lowest BCUT2D eigenvalue weighted by Crippen LogP contribution is -2.05. The summed E-state index contributed by atoms with van der Waals surface area (Å²) in [5.41, 5.74) is -0.528. The standard InChI is InChI=1S/C13H6BrF3N2O/c14-11-2-7(4-18)1-10(12(11)20)8-3-9(6-19-5-8)13(15,16)17/h1-3,5-6,20H. The van der Waals surface area contributed by atoms with Crippen molar-refractivity contribution in [1.82, 2.24) is 4.98 Å². The third-order valence-corrected chi connectivity index (χ3v) is 3.17. The van der Waals surface area contributed by atoms with E-state index in [1.54, 1.807) is 0 Å². The Labute approximate surface area is 120 Å². The average molecular weight is 343 g/mol. The first-order valence-electron chi connectivity index (χ1n) is 5.28. The van der Waals surface area contributed by atoms with Crippen LogP contribution in [0.3, 0.4) is 0 Å². The highest BCUT2D eigenvalue weighted by atomic mass is 79.9. The molecule has 1 aromatic heterocycles. The maximum absolute atomic E-state index is 12.6. The molecule has 1 N–H and O–H groups in total. The van der Waals surface area contributed by atoms with Gasteiger partial charge in [-0.3, -0.25) is 4.98 Å².